The smallest absolute Gasteiger partial charge is 0.0546 e. The first-order valence-corrected chi connectivity index (χ1v) is 7.16. The van der Waals surface area contributed by atoms with E-state index in [4.69, 9.17) is 0 Å². The normalized spacial score (nSPS) is 12.4. The van der Waals surface area contributed by atoms with Gasteiger partial charge in [-0.25, -0.2) is 0 Å². The van der Waals surface area contributed by atoms with E-state index >= 15 is 0 Å². The van der Waals surface area contributed by atoms with E-state index in [2.05, 4.69) is 68.6 Å². The third kappa shape index (κ3) is 2.73. The van der Waals surface area contributed by atoms with Crippen LogP contribution < -0.4 is 0 Å². The van der Waals surface area contributed by atoms with Crippen LogP contribution in [0.1, 0.15) is 27.5 Å². The highest BCUT2D eigenvalue weighted by Crippen LogP contribution is 2.35. The summed E-state index contributed by atoms with van der Waals surface area (Å²) in [5.74, 6) is 0. The Bertz CT molecular complexity index is 485. The second-order valence-corrected chi connectivity index (χ2v) is 5.33. The van der Waals surface area contributed by atoms with Gasteiger partial charge in [0.05, 0.1) is 5.25 Å². The van der Waals surface area contributed by atoms with Gasteiger partial charge in [0, 0.05) is 0 Å². The van der Waals surface area contributed by atoms with E-state index < -0.39 is 0 Å². The summed E-state index contributed by atoms with van der Waals surface area (Å²) in [5, 5.41) is 0.441. The highest BCUT2D eigenvalue weighted by molar-refractivity contribution is 7.99. The van der Waals surface area contributed by atoms with Crippen molar-refractivity contribution in [1.82, 2.24) is 0 Å². The van der Waals surface area contributed by atoms with E-state index in [1.807, 2.05) is 11.8 Å². The van der Waals surface area contributed by atoms with Gasteiger partial charge in [-0.3, -0.25) is 0 Å². The summed E-state index contributed by atoms with van der Waals surface area (Å²) in [6.45, 7) is 4.32. The SMILES string of the molecule is CSC(c1ccc(C)cc1)c1ccccc1C. The Morgan fingerprint density at radius 2 is 1.53 bits per heavy atom. The predicted molar refractivity (Wildman–Crippen MR) is 77.7 cm³/mol. The third-order valence-electron chi connectivity index (χ3n) is 3.09. The summed E-state index contributed by atoms with van der Waals surface area (Å²) in [5.41, 5.74) is 5.49. The van der Waals surface area contributed by atoms with Crippen molar-refractivity contribution in [2.45, 2.75) is 19.1 Å². The maximum absolute atomic E-state index is 2.24. The maximum atomic E-state index is 2.24. The van der Waals surface area contributed by atoms with Gasteiger partial charge >= 0.3 is 0 Å². The summed E-state index contributed by atoms with van der Waals surface area (Å²) in [4.78, 5) is 0. The topological polar surface area (TPSA) is 0 Å². The van der Waals surface area contributed by atoms with Gasteiger partial charge in [-0.1, -0.05) is 54.1 Å². The fraction of sp³-hybridized carbons (Fsp3) is 0.250. The Kier molecular flexibility index (Phi) is 3.90. The van der Waals surface area contributed by atoms with Gasteiger partial charge in [0.25, 0.3) is 0 Å². The van der Waals surface area contributed by atoms with Crippen molar-refractivity contribution in [3.63, 3.8) is 0 Å². The zero-order valence-electron chi connectivity index (χ0n) is 10.6. The molecule has 0 radical (unpaired) electrons. The molecular formula is C16H18S. The lowest BCUT2D eigenvalue weighted by molar-refractivity contribution is 1.12. The van der Waals surface area contributed by atoms with E-state index in [-0.39, 0.29) is 0 Å². The summed E-state index contributed by atoms with van der Waals surface area (Å²) >= 11 is 1.90. The third-order valence-corrected chi connectivity index (χ3v) is 4.08. The van der Waals surface area contributed by atoms with Crippen LogP contribution in [0, 0.1) is 13.8 Å². The second-order valence-electron chi connectivity index (χ2n) is 4.38. The minimum absolute atomic E-state index is 0.441. The van der Waals surface area contributed by atoms with Crippen LogP contribution in [0.5, 0.6) is 0 Å². The largest absolute Gasteiger partial charge is 0.152 e. The highest BCUT2D eigenvalue weighted by Gasteiger charge is 2.14. The predicted octanol–water partition coefficient (Wildman–Crippen LogP) is 4.76. The molecule has 2 rings (SSSR count). The average molecular weight is 242 g/mol. The van der Waals surface area contributed by atoms with E-state index in [0.717, 1.165) is 0 Å². The first kappa shape index (κ1) is 12.3. The summed E-state index contributed by atoms with van der Waals surface area (Å²) in [6, 6.07) is 17.5. The van der Waals surface area contributed by atoms with Crippen LogP contribution in [0.15, 0.2) is 48.5 Å². The molecule has 17 heavy (non-hydrogen) atoms. The standard InChI is InChI=1S/C16H18S/c1-12-8-10-14(11-9-12)16(17-3)15-7-5-4-6-13(15)2/h4-11,16H,1-3H3. The minimum Gasteiger partial charge on any atom is -0.152 e. The van der Waals surface area contributed by atoms with E-state index in [9.17, 15) is 0 Å². The van der Waals surface area contributed by atoms with Crippen LogP contribution in [-0.2, 0) is 0 Å². The highest BCUT2D eigenvalue weighted by atomic mass is 32.2. The van der Waals surface area contributed by atoms with Gasteiger partial charge < -0.3 is 0 Å². The zero-order chi connectivity index (χ0) is 12.3. The maximum Gasteiger partial charge on any atom is 0.0546 e. The minimum atomic E-state index is 0.441. The fourth-order valence-corrected chi connectivity index (χ4v) is 3.01. The lowest BCUT2D eigenvalue weighted by Crippen LogP contribution is -1.98. The molecule has 0 saturated heterocycles. The van der Waals surface area contributed by atoms with Crippen LogP contribution in [0.2, 0.25) is 0 Å². The Labute approximate surface area is 108 Å². The Morgan fingerprint density at radius 1 is 0.882 bits per heavy atom. The van der Waals surface area contributed by atoms with Crippen molar-refractivity contribution in [3.05, 3.63) is 70.8 Å². The molecule has 0 N–H and O–H groups in total. The van der Waals surface area contributed by atoms with Crippen molar-refractivity contribution < 1.29 is 0 Å². The van der Waals surface area contributed by atoms with Gasteiger partial charge in [-0.2, -0.15) is 11.8 Å². The van der Waals surface area contributed by atoms with Crippen molar-refractivity contribution in [2.75, 3.05) is 6.26 Å². The molecule has 0 saturated carbocycles. The number of rotatable bonds is 3. The molecule has 0 spiro atoms. The molecule has 88 valence electrons. The number of hydrogen-bond acceptors (Lipinski definition) is 1. The van der Waals surface area contributed by atoms with Crippen LogP contribution in [-0.4, -0.2) is 6.26 Å². The van der Waals surface area contributed by atoms with Gasteiger partial charge in [-0.05, 0) is 36.8 Å². The molecule has 0 aliphatic carbocycles. The molecule has 0 nitrogen and oxygen atoms in total. The first-order chi connectivity index (χ1) is 8.22. The Balaban J connectivity index is 2.40. The Hall–Kier alpha value is -1.21. The molecule has 1 heteroatoms. The molecule has 2 aromatic rings. The van der Waals surface area contributed by atoms with Crippen molar-refractivity contribution >= 4 is 11.8 Å². The van der Waals surface area contributed by atoms with Crippen LogP contribution in [0.4, 0.5) is 0 Å². The fourth-order valence-electron chi connectivity index (χ4n) is 2.06. The van der Waals surface area contributed by atoms with Crippen molar-refractivity contribution in [3.8, 4) is 0 Å². The molecule has 0 heterocycles. The molecule has 0 bridgehead atoms. The lowest BCUT2D eigenvalue weighted by Gasteiger charge is -2.18. The number of thioether (sulfide) groups is 1. The lowest BCUT2D eigenvalue weighted by atomic mass is 9.99. The van der Waals surface area contributed by atoms with E-state index in [1.165, 1.54) is 22.3 Å². The average Bonchev–Trinajstić information content (AvgIpc) is 2.35. The van der Waals surface area contributed by atoms with E-state index in [0.29, 0.717) is 5.25 Å². The van der Waals surface area contributed by atoms with Gasteiger partial charge in [0.2, 0.25) is 0 Å². The van der Waals surface area contributed by atoms with Gasteiger partial charge in [0.15, 0.2) is 0 Å². The zero-order valence-corrected chi connectivity index (χ0v) is 11.4. The van der Waals surface area contributed by atoms with E-state index in [1.54, 1.807) is 0 Å². The van der Waals surface area contributed by atoms with Crippen molar-refractivity contribution in [2.24, 2.45) is 0 Å². The van der Waals surface area contributed by atoms with Gasteiger partial charge in [0.1, 0.15) is 0 Å². The second kappa shape index (κ2) is 5.42. The van der Waals surface area contributed by atoms with Crippen LogP contribution in [0.3, 0.4) is 0 Å². The molecule has 0 aromatic heterocycles. The molecule has 0 aliphatic heterocycles. The quantitative estimate of drug-likeness (QED) is 0.748. The van der Waals surface area contributed by atoms with Crippen molar-refractivity contribution in [1.29, 1.82) is 0 Å². The summed E-state index contributed by atoms with van der Waals surface area (Å²) in [6.07, 6.45) is 2.18. The van der Waals surface area contributed by atoms with Crippen LogP contribution >= 0.6 is 11.8 Å². The molecule has 0 aliphatic rings. The Morgan fingerprint density at radius 3 is 2.12 bits per heavy atom. The summed E-state index contributed by atoms with van der Waals surface area (Å²) in [7, 11) is 0. The molecule has 0 amide bonds. The first-order valence-electron chi connectivity index (χ1n) is 5.87. The number of benzene rings is 2. The number of aryl methyl sites for hydroxylation is 2. The summed E-state index contributed by atoms with van der Waals surface area (Å²) < 4.78 is 0. The molecule has 0 fully saturated rings. The molecular weight excluding hydrogens is 224 g/mol. The van der Waals surface area contributed by atoms with Gasteiger partial charge in [-0.15, -0.1) is 0 Å². The molecule has 1 unspecified atom stereocenters. The molecule has 2 aromatic carbocycles. The monoisotopic (exact) mass is 242 g/mol. The molecule has 1 atom stereocenters. The van der Waals surface area contributed by atoms with Crippen LogP contribution in [0.25, 0.3) is 0 Å². The number of hydrogen-bond donors (Lipinski definition) is 0.